The van der Waals surface area contributed by atoms with Gasteiger partial charge in [-0.05, 0) is 53.9 Å². The largest absolute Gasteiger partial charge is 0.493 e. The van der Waals surface area contributed by atoms with Gasteiger partial charge in [0.15, 0.2) is 0 Å². The second kappa shape index (κ2) is 6.04. The third kappa shape index (κ3) is 3.04. The maximum absolute atomic E-state index is 13.4. The van der Waals surface area contributed by atoms with Gasteiger partial charge in [-0.2, -0.15) is 0 Å². The second-order valence-corrected chi connectivity index (χ2v) is 5.78. The predicted molar refractivity (Wildman–Crippen MR) is 82.6 cm³/mol. The molecule has 1 unspecified atom stereocenters. The minimum atomic E-state index is -0.237. The Hall–Kier alpha value is -1.58. The predicted octanol–water partition coefficient (Wildman–Crippen LogP) is 3.70. The van der Waals surface area contributed by atoms with E-state index in [4.69, 9.17) is 22.1 Å². The Bertz CT molecular complexity index is 659. The van der Waals surface area contributed by atoms with Crippen LogP contribution < -0.4 is 10.5 Å². The van der Waals surface area contributed by atoms with Crippen molar-refractivity contribution in [2.24, 2.45) is 5.73 Å². The molecule has 0 saturated heterocycles. The van der Waals surface area contributed by atoms with Crippen LogP contribution in [-0.4, -0.2) is 13.2 Å². The second-order valence-electron chi connectivity index (χ2n) is 5.34. The zero-order chi connectivity index (χ0) is 14.8. The number of benzene rings is 2. The fourth-order valence-corrected chi connectivity index (χ4v) is 3.12. The summed E-state index contributed by atoms with van der Waals surface area (Å²) in [6.45, 7) is 1.14. The first-order valence-corrected chi connectivity index (χ1v) is 7.45. The Balaban J connectivity index is 1.91. The molecular formula is C17H17ClFNO. The standard InChI is InChI=1S/C17H17ClFNO/c18-15-7-12-4-5-21-17(12)13(8-15)6-14(10-20)11-2-1-3-16(19)9-11/h1-3,7-9,14H,4-6,10,20H2. The zero-order valence-corrected chi connectivity index (χ0v) is 12.4. The molecule has 21 heavy (non-hydrogen) atoms. The summed E-state index contributed by atoms with van der Waals surface area (Å²) in [5.41, 5.74) is 8.99. The Morgan fingerprint density at radius 3 is 2.90 bits per heavy atom. The van der Waals surface area contributed by atoms with E-state index in [0.29, 0.717) is 24.6 Å². The summed E-state index contributed by atoms with van der Waals surface area (Å²) in [5, 5.41) is 0.712. The SMILES string of the molecule is NCC(Cc1cc(Cl)cc2c1OCC2)c1cccc(F)c1. The maximum atomic E-state index is 13.4. The van der Waals surface area contributed by atoms with Crippen LogP contribution in [0.15, 0.2) is 36.4 Å². The molecule has 0 bridgehead atoms. The van der Waals surface area contributed by atoms with Crippen molar-refractivity contribution >= 4 is 11.6 Å². The van der Waals surface area contributed by atoms with E-state index in [1.54, 1.807) is 12.1 Å². The first-order chi connectivity index (χ1) is 10.2. The van der Waals surface area contributed by atoms with Crippen molar-refractivity contribution in [2.75, 3.05) is 13.2 Å². The van der Waals surface area contributed by atoms with Crippen molar-refractivity contribution in [2.45, 2.75) is 18.8 Å². The Kier molecular flexibility index (Phi) is 4.13. The molecule has 1 aliphatic heterocycles. The van der Waals surface area contributed by atoms with Crippen molar-refractivity contribution in [3.63, 3.8) is 0 Å². The number of fused-ring (bicyclic) bond motifs is 1. The van der Waals surface area contributed by atoms with Gasteiger partial charge in [0.05, 0.1) is 6.61 Å². The number of ether oxygens (including phenoxy) is 1. The van der Waals surface area contributed by atoms with E-state index >= 15 is 0 Å². The fraction of sp³-hybridized carbons (Fsp3) is 0.294. The minimum absolute atomic E-state index is 0.0486. The molecule has 0 radical (unpaired) electrons. The van der Waals surface area contributed by atoms with Gasteiger partial charge in [0.25, 0.3) is 0 Å². The highest BCUT2D eigenvalue weighted by Crippen LogP contribution is 2.35. The van der Waals surface area contributed by atoms with Crippen LogP contribution in [-0.2, 0) is 12.8 Å². The number of rotatable bonds is 4. The molecule has 2 aromatic carbocycles. The zero-order valence-electron chi connectivity index (χ0n) is 11.6. The van der Waals surface area contributed by atoms with E-state index < -0.39 is 0 Å². The van der Waals surface area contributed by atoms with Crippen molar-refractivity contribution in [3.8, 4) is 5.75 Å². The highest BCUT2D eigenvalue weighted by molar-refractivity contribution is 6.30. The first kappa shape index (κ1) is 14.4. The Labute approximate surface area is 128 Å². The minimum Gasteiger partial charge on any atom is -0.493 e. The Morgan fingerprint density at radius 2 is 2.14 bits per heavy atom. The number of hydrogen-bond donors (Lipinski definition) is 1. The summed E-state index contributed by atoms with van der Waals surface area (Å²) >= 11 is 6.18. The van der Waals surface area contributed by atoms with Crippen LogP contribution in [0.25, 0.3) is 0 Å². The molecule has 4 heteroatoms. The average Bonchev–Trinajstić information content (AvgIpc) is 2.92. The number of halogens is 2. The molecule has 3 rings (SSSR count). The molecule has 110 valence electrons. The molecule has 1 aliphatic rings. The lowest BCUT2D eigenvalue weighted by Gasteiger charge is -2.17. The molecule has 2 aromatic rings. The lowest BCUT2D eigenvalue weighted by atomic mass is 9.91. The van der Waals surface area contributed by atoms with Crippen LogP contribution in [0.4, 0.5) is 4.39 Å². The van der Waals surface area contributed by atoms with Crippen LogP contribution in [0.5, 0.6) is 5.75 Å². The van der Waals surface area contributed by atoms with Gasteiger partial charge in [0.2, 0.25) is 0 Å². The normalized spacial score (nSPS) is 14.6. The third-order valence-corrected chi connectivity index (χ3v) is 4.11. The van der Waals surface area contributed by atoms with Crippen molar-refractivity contribution in [1.29, 1.82) is 0 Å². The van der Waals surface area contributed by atoms with E-state index in [0.717, 1.165) is 28.9 Å². The summed E-state index contributed by atoms with van der Waals surface area (Å²) < 4.78 is 19.1. The highest BCUT2D eigenvalue weighted by atomic mass is 35.5. The van der Waals surface area contributed by atoms with E-state index in [-0.39, 0.29) is 11.7 Å². The Morgan fingerprint density at radius 1 is 1.29 bits per heavy atom. The van der Waals surface area contributed by atoms with Crippen molar-refractivity contribution < 1.29 is 9.13 Å². The molecule has 0 aliphatic carbocycles. The lowest BCUT2D eigenvalue weighted by Crippen LogP contribution is -2.15. The quantitative estimate of drug-likeness (QED) is 0.935. The third-order valence-electron chi connectivity index (χ3n) is 3.90. The van der Waals surface area contributed by atoms with Crippen molar-refractivity contribution in [3.05, 3.63) is 63.9 Å². The van der Waals surface area contributed by atoms with E-state index in [1.807, 2.05) is 18.2 Å². The molecule has 0 spiro atoms. The summed E-state index contributed by atoms with van der Waals surface area (Å²) in [6, 6.07) is 10.5. The topological polar surface area (TPSA) is 35.2 Å². The van der Waals surface area contributed by atoms with Gasteiger partial charge in [-0.15, -0.1) is 0 Å². The van der Waals surface area contributed by atoms with E-state index in [1.165, 1.54) is 6.07 Å². The number of hydrogen-bond acceptors (Lipinski definition) is 2. The number of nitrogens with two attached hydrogens (primary N) is 1. The molecule has 0 aromatic heterocycles. The molecular weight excluding hydrogens is 289 g/mol. The molecule has 1 atom stereocenters. The molecule has 2 nitrogen and oxygen atoms in total. The van der Waals surface area contributed by atoms with Gasteiger partial charge in [-0.25, -0.2) is 4.39 Å². The van der Waals surface area contributed by atoms with Crippen LogP contribution >= 0.6 is 11.6 Å². The molecule has 0 saturated carbocycles. The van der Waals surface area contributed by atoms with Crippen molar-refractivity contribution in [1.82, 2.24) is 0 Å². The molecule has 1 heterocycles. The van der Waals surface area contributed by atoms with Crippen LogP contribution in [0.1, 0.15) is 22.6 Å². The fourth-order valence-electron chi connectivity index (χ4n) is 2.86. The van der Waals surface area contributed by atoms with Gasteiger partial charge in [0, 0.05) is 17.4 Å². The lowest BCUT2D eigenvalue weighted by molar-refractivity contribution is 0.352. The van der Waals surface area contributed by atoms with Gasteiger partial charge in [-0.3, -0.25) is 0 Å². The van der Waals surface area contributed by atoms with Gasteiger partial charge in [-0.1, -0.05) is 23.7 Å². The highest BCUT2D eigenvalue weighted by Gasteiger charge is 2.20. The van der Waals surface area contributed by atoms with Crippen LogP contribution in [0.2, 0.25) is 5.02 Å². The summed E-state index contributed by atoms with van der Waals surface area (Å²) in [6.07, 6.45) is 1.58. The molecule has 0 amide bonds. The van der Waals surface area contributed by atoms with E-state index in [9.17, 15) is 4.39 Å². The average molecular weight is 306 g/mol. The maximum Gasteiger partial charge on any atom is 0.125 e. The van der Waals surface area contributed by atoms with Crippen LogP contribution in [0, 0.1) is 5.82 Å². The monoisotopic (exact) mass is 305 g/mol. The first-order valence-electron chi connectivity index (χ1n) is 7.07. The summed E-state index contributed by atoms with van der Waals surface area (Å²) in [7, 11) is 0. The summed E-state index contributed by atoms with van der Waals surface area (Å²) in [5.74, 6) is 0.736. The van der Waals surface area contributed by atoms with E-state index in [2.05, 4.69) is 0 Å². The smallest absolute Gasteiger partial charge is 0.125 e. The van der Waals surface area contributed by atoms with Gasteiger partial charge < -0.3 is 10.5 Å². The summed E-state index contributed by atoms with van der Waals surface area (Å²) in [4.78, 5) is 0. The van der Waals surface area contributed by atoms with Crippen LogP contribution in [0.3, 0.4) is 0 Å². The van der Waals surface area contributed by atoms with Gasteiger partial charge in [0.1, 0.15) is 11.6 Å². The molecule has 0 fully saturated rings. The van der Waals surface area contributed by atoms with Gasteiger partial charge >= 0.3 is 0 Å². The molecule has 2 N–H and O–H groups in total.